The number of amides is 1. The summed E-state index contributed by atoms with van der Waals surface area (Å²) in [5.41, 5.74) is 1.14. The average Bonchev–Trinajstić information content (AvgIpc) is 3.18. The molecule has 1 amide bonds. The molecule has 0 spiro atoms. The summed E-state index contributed by atoms with van der Waals surface area (Å²) in [7, 11) is 0.646. The molecule has 1 aromatic rings. The molecule has 23 heavy (non-hydrogen) atoms. The molecule has 3 heterocycles. The van der Waals surface area contributed by atoms with Crippen LogP contribution in [0.25, 0.3) is 0 Å². The zero-order valence-electron chi connectivity index (χ0n) is 13.7. The number of aryl methyl sites for hydroxylation is 1. The van der Waals surface area contributed by atoms with E-state index < -0.39 is 9.84 Å². The molecule has 2 aliphatic heterocycles. The van der Waals surface area contributed by atoms with Gasteiger partial charge in [-0.15, -0.1) is 0 Å². The summed E-state index contributed by atoms with van der Waals surface area (Å²) in [5, 5.41) is 4.22. The minimum Gasteiger partial charge on any atom is -0.341 e. The first-order valence-corrected chi connectivity index (χ1v) is 9.86. The van der Waals surface area contributed by atoms with E-state index in [4.69, 9.17) is 0 Å². The molecule has 0 aliphatic carbocycles. The Labute approximate surface area is 137 Å². The summed E-state index contributed by atoms with van der Waals surface area (Å²) in [6, 6.07) is 0.0558. The Kier molecular flexibility index (Phi) is 4.46. The molecular formula is C15H24N4O3S. The number of sulfone groups is 1. The van der Waals surface area contributed by atoms with Gasteiger partial charge >= 0.3 is 0 Å². The van der Waals surface area contributed by atoms with Crippen molar-refractivity contribution in [3.05, 3.63) is 18.0 Å². The quantitative estimate of drug-likeness (QED) is 0.783. The van der Waals surface area contributed by atoms with Crippen molar-refractivity contribution in [2.24, 2.45) is 7.05 Å². The monoisotopic (exact) mass is 340 g/mol. The SMILES string of the molecule is CN(C(=O)CN1CCC[C@@H]1c1cnn(C)c1)[C@H]1CCS(=O)(=O)C1. The molecule has 2 saturated heterocycles. The van der Waals surface area contributed by atoms with Gasteiger partial charge in [0, 0.05) is 37.9 Å². The second kappa shape index (κ2) is 6.24. The van der Waals surface area contributed by atoms with E-state index in [1.54, 1.807) is 16.6 Å². The standard InChI is InChI=1S/C15H24N4O3S/c1-17-9-12(8-16-17)14-4-3-6-19(14)10-15(20)18(2)13-5-7-23(21,22)11-13/h8-9,13-14H,3-7,10-11H2,1-2H3/t13-,14+/m0/s1. The number of likely N-dealkylation sites (N-methyl/N-ethyl adjacent to an activating group) is 1. The largest absolute Gasteiger partial charge is 0.341 e. The predicted octanol–water partition coefficient (Wildman–Crippen LogP) is 0.203. The second-order valence-electron chi connectivity index (χ2n) is 6.64. The topological polar surface area (TPSA) is 75.5 Å². The van der Waals surface area contributed by atoms with E-state index in [-0.39, 0.29) is 29.5 Å². The molecule has 0 bridgehead atoms. The van der Waals surface area contributed by atoms with Gasteiger partial charge in [0.1, 0.15) is 0 Å². The molecule has 7 nitrogen and oxygen atoms in total. The van der Waals surface area contributed by atoms with E-state index in [9.17, 15) is 13.2 Å². The number of hydrogen-bond acceptors (Lipinski definition) is 5. The first kappa shape index (κ1) is 16.4. The molecule has 128 valence electrons. The lowest BCUT2D eigenvalue weighted by molar-refractivity contribution is -0.133. The van der Waals surface area contributed by atoms with E-state index in [1.165, 1.54) is 0 Å². The summed E-state index contributed by atoms with van der Waals surface area (Å²) in [6.07, 6.45) is 6.51. The highest BCUT2D eigenvalue weighted by atomic mass is 32.2. The normalized spacial score (nSPS) is 27.4. The van der Waals surface area contributed by atoms with Crippen LogP contribution in [0, 0.1) is 0 Å². The van der Waals surface area contributed by atoms with Gasteiger partial charge in [-0.3, -0.25) is 14.4 Å². The maximum absolute atomic E-state index is 12.5. The molecule has 1 aromatic heterocycles. The molecule has 2 aliphatic rings. The summed E-state index contributed by atoms with van der Waals surface area (Å²) in [5.74, 6) is 0.293. The number of hydrogen-bond donors (Lipinski definition) is 0. The number of carbonyl (C=O) groups is 1. The number of carbonyl (C=O) groups excluding carboxylic acids is 1. The van der Waals surface area contributed by atoms with Crippen LogP contribution in [0.5, 0.6) is 0 Å². The lowest BCUT2D eigenvalue weighted by Gasteiger charge is -2.28. The minimum atomic E-state index is -2.97. The molecule has 0 unspecified atom stereocenters. The van der Waals surface area contributed by atoms with Crippen LogP contribution < -0.4 is 0 Å². The molecule has 2 atom stereocenters. The van der Waals surface area contributed by atoms with Gasteiger partial charge in [0.05, 0.1) is 24.2 Å². The van der Waals surface area contributed by atoms with Crippen LogP contribution in [0.4, 0.5) is 0 Å². The van der Waals surface area contributed by atoms with Crippen LogP contribution in [0.1, 0.15) is 30.9 Å². The summed E-state index contributed by atoms with van der Waals surface area (Å²) < 4.78 is 25.0. The van der Waals surface area contributed by atoms with Crippen LogP contribution in [0.2, 0.25) is 0 Å². The van der Waals surface area contributed by atoms with Gasteiger partial charge in [-0.05, 0) is 25.8 Å². The van der Waals surface area contributed by atoms with Gasteiger partial charge in [-0.1, -0.05) is 0 Å². The zero-order valence-corrected chi connectivity index (χ0v) is 14.5. The fourth-order valence-corrected chi connectivity index (χ4v) is 5.35. The molecule has 0 aromatic carbocycles. The highest BCUT2D eigenvalue weighted by molar-refractivity contribution is 7.91. The van der Waals surface area contributed by atoms with Crippen molar-refractivity contribution >= 4 is 15.7 Å². The highest BCUT2D eigenvalue weighted by Crippen LogP contribution is 2.31. The summed E-state index contributed by atoms with van der Waals surface area (Å²) >= 11 is 0. The van der Waals surface area contributed by atoms with Crippen LogP contribution in [-0.4, -0.2) is 71.6 Å². The van der Waals surface area contributed by atoms with Crippen LogP contribution in [-0.2, 0) is 21.7 Å². The maximum Gasteiger partial charge on any atom is 0.236 e. The zero-order chi connectivity index (χ0) is 16.6. The van der Waals surface area contributed by atoms with Crippen molar-refractivity contribution in [1.82, 2.24) is 19.6 Å². The number of nitrogens with zero attached hydrogens (tertiary/aromatic N) is 4. The third-order valence-corrected chi connectivity index (χ3v) is 6.71. The molecule has 3 rings (SSSR count). The van der Waals surface area contributed by atoms with Crippen LogP contribution >= 0.6 is 0 Å². The Hall–Kier alpha value is -1.41. The van der Waals surface area contributed by atoms with Gasteiger partial charge in [-0.25, -0.2) is 8.42 Å². The Morgan fingerprint density at radius 2 is 2.22 bits per heavy atom. The van der Waals surface area contributed by atoms with Gasteiger partial charge in [-0.2, -0.15) is 5.10 Å². The Morgan fingerprint density at radius 3 is 2.83 bits per heavy atom. The number of rotatable bonds is 4. The second-order valence-corrected chi connectivity index (χ2v) is 8.87. The lowest BCUT2D eigenvalue weighted by Crippen LogP contribution is -2.43. The fraction of sp³-hybridized carbons (Fsp3) is 0.733. The Bertz CT molecular complexity index is 685. The van der Waals surface area contributed by atoms with Crippen molar-refractivity contribution in [3.8, 4) is 0 Å². The molecule has 0 radical (unpaired) electrons. The predicted molar refractivity (Wildman–Crippen MR) is 86.6 cm³/mol. The minimum absolute atomic E-state index is 0.00268. The Balaban J connectivity index is 1.62. The van der Waals surface area contributed by atoms with E-state index >= 15 is 0 Å². The van der Waals surface area contributed by atoms with E-state index in [1.807, 2.05) is 19.4 Å². The van der Waals surface area contributed by atoms with Gasteiger partial charge in [0.2, 0.25) is 5.91 Å². The highest BCUT2D eigenvalue weighted by Gasteiger charge is 2.35. The van der Waals surface area contributed by atoms with E-state index in [0.29, 0.717) is 13.0 Å². The van der Waals surface area contributed by atoms with Crippen molar-refractivity contribution in [2.45, 2.75) is 31.3 Å². The van der Waals surface area contributed by atoms with Crippen molar-refractivity contribution < 1.29 is 13.2 Å². The van der Waals surface area contributed by atoms with Gasteiger partial charge < -0.3 is 4.90 Å². The third kappa shape index (κ3) is 3.58. The Morgan fingerprint density at radius 1 is 1.43 bits per heavy atom. The smallest absolute Gasteiger partial charge is 0.236 e. The fourth-order valence-electron chi connectivity index (χ4n) is 3.57. The molecule has 0 saturated carbocycles. The first-order valence-electron chi connectivity index (χ1n) is 8.04. The van der Waals surface area contributed by atoms with Crippen molar-refractivity contribution in [1.29, 1.82) is 0 Å². The van der Waals surface area contributed by atoms with Crippen molar-refractivity contribution in [2.75, 3.05) is 31.6 Å². The van der Waals surface area contributed by atoms with Crippen molar-refractivity contribution in [3.63, 3.8) is 0 Å². The van der Waals surface area contributed by atoms with Gasteiger partial charge in [0.15, 0.2) is 9.84 Å². The first-order chi connectivity index (χ1) is 10.9. The molecular weight excluding hydrogens is 316 g/mol. The number of aromatic nitrogens is 2. The van der Waals surface area contributed by atoms with E-state index in [2.05, 4.69) is 10.00 Å². The van der Waals surface area contributed by atoms with Crippen LogP contribution in [0.15, 0.2) is 12.4 Å². The molecule has 0 N–H and O–H groups in total. The summed E-state index contributed by atoms with van der Waals surface area (Å²) in [6.45, 7) is 1.23. The molecule has 8 heteroatoms. The van der Waals surface area contributed by atoms with E-state index in [0.717, 1.165) is 24.9 Å². The number of likely N-dealkylation sites (tertiary alicyclic amines) is 1. The molecule has 2 fully saturated rings. The summed E-state index contributed by atoms with van der Waals surface area (Å²) in [4.78, 5) is 16.4. The average molecular weight is 340 g/mol. The lowest BCUT2D eigenvalue weighted by atomic mass is 10.1. The maximum atomic E-state index is 12.5. The third-order valence-electron chi connectivity index (χ3n) is 4.96. The van der Waals surface area contributed by atoms with Crippen LogP contribution in [0.3, 0.4) is 0 Å². The van der Waals surface area contributed by atoms with Gasteiger partial charge in [0.25, 0.3) is 0 Å².